The highest BCUT2D eigenvalue weighted by Crippen LogP contribution is 2.39. The van der Waals surface area contributed by atoms with Gasteiger partial charge in [0.15, 0.2) is 5.78 Å². The van der Waals surface area contributed by atoms with Gasteiger partial charge in [-0.05, 0) is 45.7 Å². The molecule has 1 aliphatic rings. The van der Waals surface area contributed by atoms with Gasteiger partial charge in [-0.1, -0.05) is 12.1 Å². The summed E-state index contributed by atoms with van der Waals surface area (Å²) in [4.78, 5) is 33.1. The van der Waals surface area contributed by atoms with Gasteiger partial charge in [-0.3, -0.25) is 4.79 Å². The second-order valence-electron chi connectivity index (χ2n) is 3.97. The summed E-state index contributed by atoms with van der Waals surface area (Å²) in [6, 6.07) is 9.39. The van der Waals surface area contributed by atoms with Crippen LogP contribution in [0.2, 0.25) is 0 Å². The quantitative estimate of drug-likeness (QED) is 0.638. The van der Waals surface area contributed by atoms with E-state index < -0.39 is 0 Å². The predicted molar refractivity (Wildman–Crippen MR) is 66.2 cm³/mol. The molecular weight excluding hydrogens is 232 g/mol. The average Bonchev–Trinajstić information content (AvgIpc) is 2.71. The van der Waals surface area contributed by atoms with Crippen molar-refractivity contribution in [1.82, 2.24) is 0 Å². The Labute approximate surface area is 101 Å². The number of carbonyl (C=O) groups excluding carboxylic acids is 1. The monoisotopic (exact) mass is 238 g/mol. The zero-order valence-electron chi connectivity index (χ0n) is 9.08. The van der Waals surface area contributed by atoms with Gasteiger partial charge in [-0.25, -0.2) is 0 Å². The molecule has 0 spiro atoms. The number of carbonyl (C=O) groups is 1. The first kappa shape index (κ1) is 10.5. The minimum atomic E-state index is -0.212. The maximum absolute atomic E-state index is 12.1. The molecular formula is C13H6N2O3. The average molecular weight is 238 g/mol. The van der Waals surface area contributed by atoms with Crippen LogP contribution in [-0.4, -0.2) is 5.78 Å². The topological polar surface area (TPSA) is 75.9 Å². The van der Waals surface area contributed by atoms with E-state index in [2.05, 4.69) is 10.4 Å². The van der Waals surface area contributed by atoms with Gasteiger partial charge in [0.05, 0.1) is 0 Å². The van der Waals surface area contributed by atoms with E-state index >= 15 is 0 Å². The Balaban J connectivity index is 2.27. The molecule has 0 amide bonds. The van der Waals surface area contributed by atoms with Crippen LogP contribution in [-0.2, 0) is 0 Å². The summed E-state index contributed by atoms with van der Waals surface area (Å²) >= 11 is 0. The molecule has 0 bridgehead atoms. The van der Waals surface area contributed by atoms with Crippen molar-refractivity contribution in [3.8, 4) is 11.1 Å². The number of hydrogen-bond acceptors (Lipinski definition) is 5. The van der Waals surface area contributed by atoms with E-state index in [0.717, 1.165) is 11.1 Å². The number of fused-ring (bicyclic) bond motifs is 3. The van der Waals surface area contributed by atoms with Gasteiger partial charge in [0, 0.05) is 11.1 Å². The van der Waals surface area contributed by atoms with Crippen molar-refractivity contribution in [3.63, 3.8) is 0 Å². The lowest BCUT2D eigenvalue weighted by Crippen LogP contribution is -1.94. The summed E-state index contributed by atoms with van der Waals surface area (Å²) in [5.74, 6) is -0.212. The van der Waals surface area contributed by atoms with Gasteiger partial charge in [0.2, 0.25) is 0 Å². The van der Waals surface area contributed by atoms with Crippen LogP contribution in [0, 0.1) is 9.81 Å². The Kier molecular flexibility index (Phi) is 2.13. The Morgan fingerprint density at radius 2 is 1.11 bits per heavy atom. The Hall–Kier alpha value is -2.69. The fourth-order valence-corrected chi connectivity index (χ4v) is 2.17. The molecule has 2 aromatic rings. The summed E-state index contributed by atoms with van der Waals surface area (Å²) < 4.78 is 0. The molecule has 0 aromatic heterocycles. The van der Waals surface area contributed by atoms with Gasteiger partial charge >= 0.3 is 0 Å². The van der Waals surface area contributed by atoms with Crippen LogP contribution in [0.4, 0.5) is 11.4 Å². The van der Waals surface area contributed by atoms with Gasteiger partial charge in [0.1, 0.15) is 11.4 Å². The van der Waals surface area contributed by atoms with Gasteiger partial charge in [-0.15, -0.1) is 9.81 Å². The fraction of sp³-hybridized carbons (Fsp3) is 0. The summed E-state index contributed by atoms with van der Waals surface area (Å²) in [7, 11) is 0. The molecule has 0 N–H and O–H groups in total. The second-order valence-corrected chi connectivity index (χ2v) is 3.97. The molecule has 86 valence electrons. The van der Waals surface area contributed by atoms with Crippen molar-refractivity contribution in [2.75, 3.05) is 0 Å². The summed E-state index contributed by atoms with van der Waals surface area (Å²) in [5.41, 5.74) is 2.79. The number of benzene rings is 2. The lowest BCUT2D eigenvalue weighted by Gasteiger charge is -1.99. The molecule has 0 heterocycles. The zero-order valence-corrected chi connectivity index (χ0v) is 9.08. The molecule has 2 aromatic carbocycles. The van der Waals surface area contributed by atoms with Crippen LogP contribution in [0.1, 0.15) is 15.9 Å². The van der Waals surface area contributed by atoms with E-state index in [-0.39, 0.29) is 17.2 Å². The third kappa shape index (κ3) is 1.31. The predicted octanol–water partition coefficient (Wildman–Crippen LogP) is 3.69. The van der Waals surface area contributed by atoms with Crippen molar-refractivity contribution < 1.29 is 4.79 Å². The molecule has 0 saturated heterocycles. The molecule has 5 nitrogen and oxygen atoms in total. The van der Waals surface area contributed by atoms with Gasteiger partial charge in [-0.2, -0.15) is 0 Å². The van der Waals surface area contributed by atoms with Crippen molar-refractivity contribution in [2.24, 2.45) is 10.4 Å². The molecule has 0 radical (unpaired) electrons. The van der Waals surface area contributed by atoms with E-state index in [9.17, 15) is 14.6 Å². The first-order chi connectivity index (χ1) is 8.74. The summed E-state index contributed by atoms with van der Waals surface area (Å²) in [6.45, 7) is 0. The third-order valence-corrected chi connectivity index (χ3v) is 3.00. The van der Waals surface area contributed by atoms with Gasteiger partial charge < -0.3 is 0 Å². The Morgan fingerprint density at radius 3 is 1.50 bits per heavy atom. The fourth-order valence-electron chi connectivity index (χ4n) is 2.17. The number of nitroso groups, excluding NO2 is 2. The first-order valence-electron chi connectivity index (χ1n) is 5.24. The smallest absolute Gasteiger partial charge is 0.194 e. The normalized spacial score (nSPS) is 11.9. The molecule has 5 heteroatoms. The second kappa shape index (κ2) is 3.66. The van der Waals surface area contributed by atoms with Crippen LogP contribution in [0.15, 0.2) is 46.8 Å². The molecule has 3 rings (SSSR count). The van der Waals surface area contributed by atoms with E-state index in [4.69, 9.17) is 0 Å². The minimum absolute atomic E-state index is 0.212. The molecule has 0 aliphatic heterocycles. The molecule has 0 atom stereocenters. The van der Waals surface area contributed by atoms with E-state index in [1.165, 1.54) is 12.1 Å². The number of ketones is 1. The molecule has 0 unspecified atom stereocenters. The first-order valence-corrected chi connectivity index (χ1v) is 5.24. The van der Waals surface area contributed by atoms with Gasteiger partial charge in [0.25, 0.3) is 0 Å². The Morgan fingerprint density at radius 1 is 0.667 bits per heavy atom. The summed E-state index contributed by atoms with van der Waals surface area (Å²) in [5, 5.41) is 5.62. The maximum atomic E-state index is 12.1. The maximum Gasteiger partial charge on any atom is 0.194 e. The van der Waals surface area contributed by atoms with Crippen LogP contribution >= 0.6 is 0 Å². The van der Waals surface area contributed by atoms with Crippen molar-refractivity contribution in [3.05, 3.63) is 57.3 Å². The van der Waals surface area contributed by atoms with Crippen LogP contribution in [0.5, 0.6) is 0 Å². The van der Waals surface area contributed by atoms with Crippen LogP contribution in [0.3, 0.4) is 0 Å². The highest BCUT2D eigenvalue weighted by atomic mass is 16.3. The standard InChI is InChI=1S/C13H6N2O3/c16-13-11-5-7(14-17)1-3-9(11)10-4-2-8(15-18)6-12(10)13/h1-6H. The lowest BCUT2D eigenvalue weighted by atomic mass is 10.1. The minimum Gasteiger partial charge on any atom is -0.289 e. The van der Waals surface area contributed by atoms with Crippen molar-refractivity contribution in [1.29, 1.82) is 0 Å². The lowest BCUT2D eigenvalue weighted by molar-refractivity contribution is 0.104. The number of hydrogen-bond donors (Lipinski definition) is 0. The van der Waals surface area contributed by atoms with Crippen molar-refractivity contribution in [2.45, 2.75) is 0 Å². The largest absolute Gasteiger partial charge is 0.289 e. The highest BCUT2D eigenvalue weighted by Gasteiger charge is 2.27. The molecule has 0 saturated carbocycles. The Bertz CT molecular complexity index is 648. The van der Waals surface area contributed by atoms with E-state index in [1.807, 2.05) is 0 Å². The summed E-state index contributed by atoms with van der Waals surface area (Å²) in [6.07, 6.45) is 0. The zero-order chi connectivity index (χ0) is 12.7. The van der Waals surface area contributed by atoms with E-state index in [0.29, 0.717) is 11.1 Å². The van der Waals surface area contributed by atoms with Crippen molar-refractivity contribution >= 4 is 17.2 Å². The van der Waals surface area contributed by atoms with Crippen LogP contribution < -0.4 is 0 Å². The van der Waals surface area contributed by atoms with E-state index in [1.54, 1.807) is 24.3 Å². The number of nitrogens with zero attached hydrogens (tertiary/aromatic N) is 2. The number of rotatable bonds is 2. The third-order valence-electron chi connectivity index (χ3n) is 3.00. The molecule has 1 aliphatic carbocycles. The SMILES string of the molecule is O=Nc1ccc2c(c1)C(=O)c1cc(N=O)ccc1-2. The molecule has 18 heavy (non-hydrogen) atoms. The van der Waals surface area contributed by atoms with Crippen LogP contribution in [0.25, 0.3) is 11.1 Å². The highest BCUT2D eigenvalue weighted by molar-refractivity contribution is 6.22. The molecule has 0 fully saturated rings.